The van der Waals surface area contributed by atoms with Crippen LogP contribution in [0.3, 0.4) is 0 Å². The zero-order chi connectivity index (χ0) is 15.0. The summed E-state index contributed by atoms with van der Waals surface area (Å²) in [5.74, 6) is -0.147. The van der Waals surface area contributed by atoms with E-state index in [1.165, 1.54) is 0 Å². The van der Waals surface area contributed by atoms with Crippen LogP contribution in [0.1, 0.15) is 35.7 Å². The number of benzene rings is 1. The summed E-state index contributed by atoms with van der Waals surface area (Å²) in [6.07, 6.45) is 1.83. The summed E-state index contributed by atoms with van der Waals surface area (Å²) in [5, 5.41) is 14.4. The van der Waals surface area contributed by atoms with Gasteiger partial charge in [-0.2, -0.15) is 0 Å². The summed E-state index contributed by atoms with van der Waals surface area (Å²) < 4.78 is 5.08. The van der Waals surface area contributed by atoms with Gasteiger partial charge in [-0.3, -0.25) is 4.79 Å². The SMILES string of the molecule is CCCC(COC)NC(=O)c1ccc(C(N)=NO)cc1. The number of hydrogen-bond acceptors (Lipinski definition) is 4. The Balaban J connectivity index is 2.71. The zero-order valence-corrected chi connectivity index (χ0v) is 11.8. The summed E-state index contributed by atoms with van der Waals surface area (Å²) in [4.78, 5) is 12.1. The molecule has 0 radical (unpaired) electrons. The number of amides is 1. The molecule has 110 valence electrons. The number of methoxy groups -OCH3 is 1. The van der Waals surface area contributed by atoms with Crippen LogP contribution in [0, 0.1) is 0 Å². The number of oxime groups is 1. The molecule has 0 fully saturated rings. The van der Waals surface area contributed by atoms with E-state index in [-0.39, 0.29) is 17.8 Å². The lowest BCUT2D eigenvalue weighted by Crippen LogP contribution is -2.37. The lowest BCUT2D eigenvalue weighted by atomic mass is 10.1. The smallest absolute Gasteiger partial charge is 0.251 e. The van der Waals surface area contributed by atoms with Gasteiger partial charge in [0.1, 0.15) is 0 Å². The molecule has 6 nitrogen and oxygen atoms in total. The van der Waals surface area contributed by atoms with Crippen molar-refractivity contribution in [3.8, 4) is 0 Å². The predicted molar refractivity (Wildman–Crippen MR) is 77.0 cm³/mol. The van der Waals surface area contributed by atoms with Gasteiger partial charge in [0.2, 0.25) is 0 Å². The third-order valence-corrected chi connectivity index (χ3v) is 2.89. The number of hydrogen-bond donors (Lipinski definition) is 3. The molecule has 0 saturated heterocycles. The molecule has 1 rings (SSSR count). The van der Waals surface area contributed by atoms with Gasteiger partial charge in [0.15, 0.2) is 5.84 Å². The fraction of sp³-hybridized carbons (Fsp3) is 0.429. The number of carbonyl (C=O) groups is 1. The minimum Gasteiger partial charge on any atom is -0.409 e. The molecule has 0 aliphatic heterocycles. The second-order valence-corrected chi connectivity index (χ2v) is 4.48. The van der Waals surface area contributed by atoms with E-state index in [0.29, 0.717) is 17.7 Å². The lowest BCUT2D eigenvalue weighted by Gasteiger charge is -2.17. The molecule has 4 N–H and O–H groups in total. The van der Waals surface area contributed by atoms with Gasteiger partial charge in [-0.05, 0) is 18.6 Å². The highest BCUT2D eigenvalue weighted by atomic mass is 16.5. The molecule has 0 spiro atoms. The fourth-order valence-corrected chi connectivity index (χ4v) is 1.87. The Labute approximate surface area is 118 Å². The normalized spacial score (nSPS) is 13.0. The van der Waals surface area contributed by atoms with E-state index in [4.69, 9.17) is 15.7 Å². The Kier molecular flexibility index (Phi) is 6.52. The first kappa shape index (κ1) is 16.0. The fourth-order valence-electron chi connectivity index (χ4n) is 1.87. The maximum Gasteiger partial charge on any atom is 0.251 e. The van der Waals surface area contributed by atoms with Gasteiger partial charge in [-0.25, -0.2) is 0 Å². The van der Waals surface area contributed by atoms with E-state index in [1.807, 2.05) is 0 Å². The van der Waals surface area contributed by atoms with Crippen molar-refractivity contribution in [1.29, 1.82) is 0 Å². The molecule has 20 heavy (non-hydrogen) atoms. The molecule has 1 amide bonds. The van der Waals surface area contributed by atoms with Crippen LogP contribution in [0.25, 0.3) is 0 Å². The van der Waals surface area contributed by atoms with E-state index in [9.17, 15) is 4.79 Å². The van der Waals surface area contributed by atoms with Crippen LogP contribution in [-0.4, -0.2) is 36.7 Å². The van der Waals surface area contributed by atoms with Crippen molar-refractivity contribution in [2.75, 3.05) is 13.7 Å². The average Bonchev–Trinajstić information content (AvgIpc) is 2.47. The van der Waals surface area contributed by atoms with E-state index in [2.05, 4.69) is 17.4 Å². The van der Waals surface area contributed by atoms with Crippen LogP contribution in [0.5, 0.6) is 0 Å². The van der Waals surface area contributed by atoms with Gasteiger partial charge in [-0.1, -0.05) is 30.6 Å². The van der Waals surface area contributed by atoms with Crippen molar-refractivity contribution >= 4 is 11.7 Å². The molecule has 0 aliphatic carbocycles. The number of amidine groups is 1. The summed E-state index contributed by atoms with van der Waals surface area (Å²) in [6, 6.07) is 6.54. The summed E-state index contributed by atoms with van der Waals surface area (Å²) >= 11 is 0. The third-order valence-electron chi connectivity index (χ3n) is 2.89. The van der Waals surface area contributed by atoms with E-state index in [0.717, 1.165) is 12.8 Å². The molecular weight excluding hydrogens is 258 g/mol. The van der Waals surface area contributed by atoms with Gasteiger partial charge >= 0.3 is 0 Å². The number of nitrogens with two attached hydrogens (primary N) is 1. The van der Waals surface area contributed by atoms with Crippen LogP contribution in [-0.2, 0) is 4.74 Å². The molecular formula is C14H21N3O3. The van der Waals surface area contributed by atoms with Gasteiger partial charge in [-0.15, -0.1) is 0 Å². The van der Waals surface area contributed by atoms with Crippen molar-refractivity contribution in [2.24, 2.45) is 10.9 Å². The lowest BCUT2D eigenvalue weighted by molar-refractivity contribution is 0.0891. The molecule has 0 heterocycles. The number of rotatable bonds is 7. The standard InChI is InChI=1S/C14H21N3O3/c1-3-4-12(9-20-2)16-14(18)11-7-5-10(6-8-11)13(15)17-19/h5-8,12,19H,3-4,9H2,1-2H3,(H2,15,17)(H,16,18). The van der Waals surface area contributed by atoms with E-state index in [1.54, 1.807) is 31.4 Å². The Morgan fingerprint density at radius 3 is 2.50 bits per heavy atom. The number of nitrogens with one attached hydrogen (secondary N) is 1. The van der Waals surface area contributed by atoms with Crippen LogP contribution >= 0.6 is 0 Å². The Bertz CT molecular complexity index is 451. The predicted octanol–water partition coefficient (Wildman–Crippen LogP) is 1.33. The second kappa shape index (κ2) is 8.16. The average molecular weight is 279 g/mol. The first-order valence-electron chi connectivity index (χ1n) is 6.50. The molecule has 1 atom stereocenters. The quantitative estimate of drug-likeness (QED) is 0.303. The topological polar surface area (TPSA) is 96.9 Å². The maximum atomic E-state index is 12.1. The van der Waals surface area contributed by atoms with Crippen LogP contribution < -0.4 is 11.1 Å². The Morgan fingerprint density at radius 1 is 1.40 bits per heavy atom. The molecule has 1 aromatic carbocycles. The molecule has 0 saturated carbocycles. The van der Waals surface area contributed by atoms with Crippen molar-refractivity contribution in [1.82, 2.24) is 5.32 Å². The maximum absolute atomic E-state index is 12.1. The molecule has 0 aliphatic rings. The molecule has 0 bridgehead atoms. The summed E-state index contributed by atoms with van der Waals surface area (Å²) in [6.45, 7) is 2.54. The largest absolute Gasteiger partial charge is 0.409 e. The van der Waals surface area contributed by atoms with Crippen molar-refractivity contribution < 1.29 is 14.7 Å². The highest BCUT2D eigenvalue weighted by Gasteiger charge is 2.13. The number of ether oxygens (including phenoxy) is 1. The highest BCUT2D eigenvalue weighted by molar-refractivity contribution is 5.99. The first-order valence-corrected chi connectivity index (χ1v) is 6.50. The molecule has 0 aromatic heterocycles. The first-order chi connectivity index (χ1) is 9.62. The minimum atomic E-state index is -0.161. The summed E-state index contributed by atoms with van der Waals surface area (Å²) in [7, 11) is 1.61. The molecule has 6 heteroatoms. The third kappa shape index (κ3) is 4.55. The molecule has 1 unspecified atom stereocenters. The second-order valence-electron chi connectivity index (χ2n) is 4.48. The zero-order valence-electron chi connectivity index (χ0n) is 11.8. The van der Waals surface area contributed by atoms with Crippen LogP contribution in [0.15, 0.2) is 29.4 Å². The van der Waals surface area contributed by atoms with Crippen molar-refractivity contribution in [3.63, 3.8) is 0 Å². The van der Waals surface area contributed by atoms with E-state index < -0.39 is 0 Å². The van der Waals surface area contributed by atoms with Crippen LogP contribution in [0.4, 0.5) is 0 Å². The van der Waals surface area contributed by atoms with Gasteiger partial charge in [0, 0.05) is 18.2 Å². The minimum absolute atomic E-state index is 0.00116. The van der Waals surface area contributed by atoms with Crippen molar-refractivity contribution in [2.45, 2.75) is 25.8 Å². The van der Waals surface area contributed by atoms with Crippen molar-refractivity contribution in [3.05, 3.63) is 35.4 Å². The number of carbonyl (C=O) groups excluding carboxylic acids is 1. The number of nitrogens with zero attached hydrogens (tertiary/aromatic N) is 1. The Hall–Kier alpha value is -2.08. The molecule has 1 aromatic rings. The van der Waals surface area contributed by atoms with Gasteiger partial charge < -0.3 is 21.0 Å². The Morgan fingerprint density at radius 2 is 2.00 bits per heavy atom. The van der Waals surface area contributed by atoms with Crippen LogP contribution in [0.2, 0.25) is 0 Å². The van der Waals surface area contributed by atoms with E-state index >= 15 is 0 Å². The summed E-state index contributed by atoms with van der Waals surface area (Å²) in [5.41, 5.74) is 6.55. The van der Waals surface area contributed by atoms with Gasteiger partial charge in [0.25, 0.3) is 5.91 Å². The van der Waals surface area contributed by atoms with Gasteiger partial charge in [0.05, 0.1) is 12.6 Å². The highest BCUT2D eigenvalue weighted by Crippen LogP contribution is 2.06. The monoisotopic (exact) mass is 279 g/mol.